The Bertz CT molecular complexity index is 590. The third-order valence-corrected chi connectivity index (χ3v) is 5.88. The van der Waals surface area contributed by atoms with Crippen molar-refractivity contribution in [3.63, 3.8) is 0 Å². The van der Waals surface area contributed by atoms with E-state index in [9.17, 15) is 9.59 Å². The normalized spacial score (nSPS) is 26.9. The zero-order valence-electron chi connectivity index (χ0n) is 12.8. The molecular formula is C16H20N2O3S. The first-order valence-corrected chi connectivity index (χ1v) is 8.39. The SMILES string of the molecule is COc1ccc(CNC(=O)[C@@H]2CS[C@@]3(C)CCC(=O)N23)cc1. The van der Waals surface area contributed by atoms with Crippen LogP contribution in [0.3, 0.4) is 0 Å². The zero-order valence-corrected chi connectivity index (χ0v) is 13.6. The van der Waals surface area contributed by atoms with Crippen molar-refractivity contribution < 1.29 is 14.3 Å². The number of carbonyl (C=O) groups excluding carboxylic acids is 2. The van der Waals surface area contributed by atoms with E-state index in [0.717, 1.165) is 17.7 Å². The summed E-state index contributed by atoms with van der Waals surface area (Å²) in [7, 11) is 1.62. The van der Waals surface area contributed by atoms with Gasteiger partial charge >= 0.3 is 0 Å². The summed E-state index contributed by atoms with van der Waals surface area (Å²) in [6, 6.07) is 7.24. The highest BCUT2D eigenvalue weighted by Gasteiger charge is 2.52. The van der Waals surface area contributed by atoms with Crippen molar-refractivity contribution in [2.45, 2.75) is 37.2 Å². The molecule has 0 radical (unpaired) electrons. The zero-order chi connectivity index (χ0) is 15.7. The Morgan fingerprint density at radius 3 is 2.86 bits per heavy atom. The monoisotopic (exact) mass is 320 g/mol. The molecule has 0 unspecified atom stereocenters. The molecule has 0 aliphatic carbocycles. The largest absolute Gasteiger partial charge is 0.497 e. The first-order chi connectivity index (χ1) is 10.5. The number of thioether (sulfide) groups is 1. The van der Waals surface area contributed by atoms with Crippen LogP contribution in [-0.2, 0) is 16.1 Å². The van der Waals surface area contributed by atoms with E-state index >= 15 is 0 Å². The number of carbonyl (C=O) groups is 2. The van der Waals surface area contributed by atoms with E-state index in [1.54, 1.807) is 23.8 Å². The second-order valence-electron chi connectivity index (χ2n) is 5.83. The maximum absolute atomic E-state index is 12.4. The number of benzene rings is 1. The summed E-state index contributed by atoms with van der Waals surface area (Å²) in [6.07, 6.45) is 1.38. The molecule has 1 N–H and O–H groups in total. The number of methoxy groups -OCH3 is 1. The molecule has 2 aliphatic heterocycles. The fourth-order valence-corrected chi connectivity index (χ4v) is 4.50. The Balaban J connectivity index is 1.61. The van der Waals surface area contributed by atoms with Gasteiger partial charge in [-0.05, 0) is 31.0 Å². The fraction of sp³-hybridized carbons (Fsp3) is 0.500. The maximum atomic E-state index is 12.4. The number of amides is 2. The Morgan fingerprint density at radius 1 is 1.45 bits per heavy atom. The van der Waals surface area contributed by atoms with Crippen LogP contribution >= 0.6 is 11.8 Å². The van der Waals surface area contributed by atoms with Gasteiger partial charge in [0.25, 0.3) is 0 Å². The Hall–Kier alpha value is -1.69. The molecule has 2 aliphatic rings. The van der Waals surface area contributed by atoms with Crippen molar-refractivity contribution in [3.8, 4) is 5.75 Å². The molecule has 0 bridgehead atoms. The number of fused-ring (bicyclic) bond motifs is 1. The molecular weight excluding hydrogens is 300 g/mol. The van der Waals surface area contributed by atoms with Crippen molar-refractivity contribution in [2.24, 2.45) is 0 Å². The standard InChI is InChI=1S/C16H20N2O3S/c1-16-8-7-14(19)18(16)13(10-22-16)15(20)17-9-11-3-5-12(21-2)6-4-11/h3-6,13H,7-10H2,1-2H3,(H,17,20)/t13-,16-/m0/s1. The minimum absolute atomic E-state index is 0.0673. The maximum Gasteiger partial charge on any atom is 0.243 e. The van der Waals surface area contributed by atoms with Crippen LogP contribution in [0.2, 0.25) is 0 Å². The van der Waals surface area contributed by atoms with Gasteiger partial charge in [0.05, 0.1) is 12.0 Å². The third-order valence-electron chi connectivity index (χ3n) is 4.37. The molecule has 6 heteroatoms. The average molecular weight is 320 g/mol. The first kappa shape index (κ1) is 15.2. The smallest absolute Gasteiger partial charge is 0.243 e. The van der Waals surface area contributed by atoms with Crippen LogP contribution in [-0.4, -0.2) is 40.5 Å². The first-order valence-electron chi connectivity index (χ1n) is 7.40. The summed E-state index contributed by atoms with van der Waals surface area (Å²) in [5.41, 5.74) is 1.01. The molecule has 2 atom stereocenters. The van der Waals surface area contributed by atoms with E-state index in [1.165, 1.54) is 0 Å². The van der Waals surface area contributed by atoms with Gasteiger partial charge in [-0.25, -0.2) is 0 Å². The summed E-state index contributed by atoms with van der Waals surface area (Å²) in [5, 5.41) is 2.94. The van der Waals surface area contributed by atoms with Gasteiger partial charge in [-0.2, -0.15) is 0 Å². The number of ether oxygens (including phenoxy) is 1. The highest BCUT2D eigenvalue weighted by molar-refractivity contribution is 8.01. The average Bonchev–Trinajstić information content (AvgIpc) is 3.02. The van der Waals surface area contributed by atoms with E-state index in [4.69, 9.17) is 4.74 Å². The number of hydrogen-bond donors (Lipinski definition) is 1. The van der Waals surface area contributed by atoms with E-state index in [-0.39, 0.29) is 22.7 Å². The lowest BCUT2D eigenvalue weighted by Crippen LogP contribution is -2.49. The molecule has 22 heavy (non-hydrogen) atoms. The summed E-state index contributed by atoms with van der Waals surface area (Å²) in [6.45, 7) is 2.52. The molecule has 0 saturated carbocycles. The molecule has 2 fully saturated rings. The van der Waals surface area contributed by atoms with Crippen LogP contribution in [0.25, 0.3) is 0 Å². The molecule has 2 amide bonds. The van der Waals surface area contributed by atoms with Crippen molar-refractivity contribution in [1.29, 1.82) is 0 Å². The minimum atomic E-state index is -0.344. The van der Waals surface area contributed by atoms with Crippen LogP contribution in [0.5, 0.6) is 5.75 Å². The lowest BCUT2D eigenvalue weighted by atomic mass is 10.2. The summed E-state index contributed by atoms with van der Waals surface area (Å²) < 4.78 is 5.11. The molecule has 118 valence electrons. The highest BCUT2D eigenvalue weighted by Crippen LogP contribution is 2.47. The van der Waals surface area contributed by atoms with Gasteiger partial charge < -0.3 is 15.0 Å². The molecule has 3 rings (SSSR count). The highest BCUT2D eigenvalue weighted by atomic mass is 32.2. The lowest BCUT2D eigenvalue weighted by Gasteiger charge is -2.29. The van der Waals surface area contributed by atoms with Crippen LogP contribution in [0.4, 0.5) is 0 Å². The fourth-order valence-electron chi connectivity index (χ4n) is 3.07. The van der Waals surface area contributed by atoms with Crippen LogP contribution in [0.15, 0.2) is 24.3 Å². The van der Waals surface area contributed by atoms with Crippen LogP contribution in [0.1, 0.15) is 25.3 Å². The van der Waals surface area contributed by atoms with E-state index < -0.39 is 0 Å². The minimum Gasteiger partial charge on any atom is -0.497 e. The number of hydrogen-bond acceptors (Lipinski definition) is 4. The number of nitrogens with zero attached hydrogens (tertiary/aromatic N) is 1. The van der Waals surface area contributed by atoms with E-state index in [2.05, 4.69) is 12.2 Å². The second kappa shape index (κ2) is 5.83. The van der Waals surface area contributed by atoms with E-state index in [0.29, 0.717) is 18.7 Å². The topological polar surface area (TPSA) is 58.6 Å². The van der Waals surface area contributed by atoms with Gasteiger partial charge in [-0.3, -0.25) is 9.59 Å². The van der Waals surface area contributed by atoms with Crippen molar-refractivity contribution in [2.75, 3.05) is 12.9 Å². The predicted molar refractivity (Wildman–Crippen MR) is 85.6 cm³/mol. The third kappa shape index (κ3) is 2.67. The lowest BCUT2D eigenvalue weighted by molar-refractivity contribution is -0.138. The van der Waals surface area contributed by atoms with Gasteiger partial charge in [-0.15, -0.1) is 11.8 Å². The molecule has 0 aromatic heterocycles. The quantitative estimate of drug-likeness (QED) is 0.918. The van der Waals surface area contributed by atoms with Crippen LogP contribution < -0.4 is 10.1 Å². The number of rotatable bonds is 4. The molecule has 0 spiro atoms. The van der Waals surface area contributed by atoms with Crippen molar-refractivity contribution in [3.05, 3.63) is 29.8 Å². The molecule has 1 aromatic carbocycles. The van der Waals surface area contributed by atoms with Gasteiger partial charge in [0.2, 0.25) is 11.8 Å². The van der Waals surface area contributed by atoms with Crippen molar-refractivity contribution in [1.82, 2.24) is 10.2 Å². The Labute approximate surface area is 134 Å². The Kier molecular flexibility index (Phi) is 4.04. The summed E-state index contributed by atoms with van der Waals surface area (Å²) >= 11 is 1.71. The Morgan fingerprint density at radius 2 is 2.18 bits per heavy atom. The molecule has 1 aromatic rings. The predicted octanol–water partition coefficient (Wildman–Crippen LogP) is 1.77. The van der Waals surface area contributed by atoms with Gasteiger partial charge in [0.15, 0.2) is 0 Å². The second-order valence-corrected chi connectivity index (χ2v) is 7.33. The number of nitrogens with one attached hydrogen (secondary N) is 1. The van der Waals surface area contributed by atoms with Crippen LogP contribution in [0, 0.1) is 0 Å². The van der Waals surface area contributed by atoms with Gasteiger partial charge in [0, 0.05) is 18.7 Å². The van der Waals surface area contributed by atoms with Gasteiger partial charge in [0.1, 0.15) is 11.8 Å². The molecule has 5 nitrogen and oxygen atoms in total. The summed E-state index contributed by atoms with van der Waals surface area (Å²) in [5.74, 6) is 1.50. The van der Waals surface area contributed by atoms with Crippen molar-refractivity contribution >= 4 is 23.6 Å². The molecule has 2 saturated heterocycles. The van der Waals surface area contributed by atoms with Gasteiger partial charge in [-0.1, -0.05) is 12.1 Å². The molecule has 2 heterocycles. The van der Waals surface area contributed by atoms with E-state index in [1.807, 2.05) is 24.3 Å². The summed E-state index contributed by atoms with van der Waals surface area (Å²) in [4.78, 5) is 26.1.